The summed E-state index contributed by atoms with van der Waals surface area (Å²) in [4.78, 5) is 2.66. The van der Waals surface area contributed by atoms with Crippen molar-refractivity contribution in [3.8, 4) is 11.5 Å². The van der Waals surface area contributed by atoms with E-state index in [2.05, 4.69) is 29.3 Å². The molecule has 0 amide bonds. The van der Waals surface area contributed by atoms with Crippen LogP contribution >= 0.6 is 0 Å². The number of benzene rings is 1. The number of nitrogens with one attached hydrogen (secondary N) is 1. The zero-order valence-electron chi connectivity index (χ0n) is 13.1. The van der Waals surface area contributed by atoms with Crippen LogP contribution in [0.1, 0.15) is 40.0 Å². The molecule has 1 saturated heterocycles. The number of nitrogens with zero attached hydrogens (tertiary/aromatic N) is 1. The van der Waals surface area contributed by atoms with Crippen LogP contribution in [0.2, 0.25) is 0 Å². The van der Waals surface area contributed by atoms with Crippen LogP contribution < -0.4 is 14.8 Å². The van der Waals surface area contributed by atoms with Crippen molar-refractivity contribution in [3.05, 3.63) is 18.2 Å². The molecule has 2 fully saturated rings. The van der Waals surface area contributed by atoms with E-state index in [0.717, 1.165) is 29.8 Å². The van der Waals surface area contributed by atoms with Gasteiger partial charge in [0.2, 0.25) is 5.79 Å². The molecule has 114 valence electrons. The van der Waals surface area contributed by atoms with Crippen LogP contribution in [0.15, 0.2) is 18.2 Å². The van der Waals surface area contributed by atoms with Crippen LogP contribution in [0.5, 0.6) is 11.5 Å². The summed E-state index contributed by atoms with van der Waals surface area (Å²) in [5.74, 6) is 1.13. The highest BCUT2D eigenvalue weighted by molar-refractivity contribution is 5.56. The molecule has 2 atom stereocenters. The first-order valence-corrected chi connectivity index (χ1v) is 8.04. The Hall–Kier alpha value is -1.42. The Labute approximate surface area is 126 Å². The zero-order valence-corrected chi connectivity index (χ0v) is 13.1. The molecule has 21 heavy (non-hydrogen) atoms. The van der Waals surface area contributed by atoms with E-state index in [1.807, 2.05) is 19.9 Å². The van der Waals surface area contributed by atoms with E-state index in [4.69, 9.17) is 9.47 Å². The van der Waals surface area contributed by atoms with Gasteiger partial charge in [0.15, 0.2) is 11.5 Å². The number of likely N-dealkylation sites (tertiary alicyclic amines) is 1. The number of hydrogen-bond acceptors (Lipinski definition) is 4. The molecule has 0 radical (unpaired) electrons. The lowest BCUT2D eigenvalue weighted by molar-refractivity contribution is -0.0431. The van der Waals surface area contributed by atoms with Crippen molar-refractivity contribution < 1.29 is 9.47 Å². The van der Waals surface area contributed by atoms with Crippen LogP contribution in [0, 0.1) is 0 Å². The Morgan fingerprint density at radius 2 is 1.95 bits per heavy atom. The van der Waals surface area contributed by atoms with Crippen molar-refractivity contribution in [2.75, 3.05) is 11.9 Å². The molecule has 1 saturated carbocycles. The van der Waals surface area contributed by atoms with Gasteiger partial charge in [0, 0.05) is 50.3 Å². The summed E-state index contributed by atoms with van der Waals surface area (Å²) in [5.41, 5.74) is 1.13. The van der Waals surface area contributed by atoms with Gasteiger partial charge < -0.3 is 14.8 Å². The molecular weight excluding hydrogens is 264 g/mol. The molecule has 4 nitrogen and oxygen atoms in total. The number of rotatable bonds is 3. The highest BCUT2D eigenvalue weighted by Gasteiger charge is 2.39. The van der Waals surface area contributed by atoms with Gasteiger partial charge in [-0.3, -0.25) is 4.90 Å². The second kappa shape index (κ2) is 4.54. The largest absolute Gasteiger partial charge is 0.449 e. The van der Waals surface area contributed by atoms with Crippen molar-refractivity contribution in [1.82, 2.24) is 4.90 Å². The fourth-order valence-corrected chi connectivity index (χ4v) is 3.62. The van der Waals surface area contributed by atoms with Gasteiger partial charge >= 0.3 is 0 Å². The fourth-order valence-electron chi connectivity index (χ4n) is 3.62. The molecule has 0 bridgehead atoms. The van der Waals surface area contributed by atoms with E-state index in [9.17, 15) is 0 Å². The standard InChI is InChI=1S/C17H24N2O2/c1-11-8-13(10-19(11)14-5-6-14)18-12-4-7-15-16(9-12)21-17(2,3)20-15/h4,7,9,11,13-14,18H,5-6,8,10H2,1-3H3. The van der Waals surface area contributed by atoms with Gasteiger partial charge in [-0.2, -0.15) is 0 Å². The number of hydrogen-bond donors (Lipinski definition) is 1. The normalized spacial score (nSPS) is 30.6. The predicted molar refractivity (Wildman–Crippen MR) is 83.0 cm³/mol. The Bertz CT molecular complexity index is 554. The average molecular weight is 288 g/mol. The van der Waals surface area contributed by atoms with E-state index in [0.29, 0.717) is 12.1 Å². The molecule has 2 heterocycles. The molecule has 2 aliphatic heterocycles. The third kappa shape index (κ3) is 2.57. The highest BCUT2D eigenvalue weighted by Crippen LogP contribution is 2.41. The predicted octanol–water partition coefficient (Wildman–Crippen LogP) is 3.23. The molecule has 1 aliphatic carbocycles. The lowest BCUT2D eigenvalue weighted by Gasteiger charge is -2.20. The minimum Gasteiger partial charge on any atom is -0.449 e. The molecule has 4 rings (SSSR count). The Morgan fingerprint density at radius 1 is 1.19 bits per heavy atom. The van der Waals surface area contributed by atoms with Gasteiger partial charge in [-0.15, -0.1) is 0 Å². The van der Waals surface area contributed by atoms with Crippen molar-refractivity contribution in [1.29, 1.82) is 0 Å². The third-order valence-corrected chi connectivity index (χ3v) is 4.66. The summed E-state index contributed by atoms with van der Waals surface area (Å²) in [5, 5.41) is 3.66. The van der Waals surface area contributed by atoms with E-state index >= 15 is 0 Å². The second-order valence-electron chi connectivity index (χ2n) is 7.12. The summed E-state index contributed by atoms with van der Waals surface area (Å²) in [6.07, 6.45) is 3.99. The van der Waals surface area contributed by atoms with Crippen molar-refractivity contribution in [2.45, 2.75) is 63.9 Å². The summed E-state index contributed by atoms with van der Waals surface area (Å²) >= 11 is 0. The lowest BCUT2D eigenvalue weighted by atomic mass is 10.2. The van der Waals surface area contributed by atoms with Crippen LogP contribution in [0.3, 0.4) is 0 Å². The Morgan fingerprint density at radius 3 is 2.71 bits per heavy atom. The van der Waals surface area contributed by atoms with E-state index in [-0.39, 0.29) is 0 Å². The summed E-state index contributed by atoms with van der Waals surface area (Å²) in [7, 11) is 0. The van der Waals surface area contributed by atoms with Crippen LogP contribution in [0.25, 0.3) is 0 Å². The molecule has 3 aliphatic rings. The zero-order chi connectivity index (χ0) is 14.6. The molecule has 0 spiro atoms. The second-order valence-corrected chi connectivity index (χ2v) is 7.12. The van der Waals surface area contributed by atoms with Gasteiger partial charge in [0.05, 0.1) is 0 Å². The molecule has 2 unspecified atom stereocenters. The first-order chi connectivity index (χ1) is 10.00. The van der Waals surface area contributed by atoms with Crippen molar-refractivity contribution >= 4 is 5.69 Å². The van der Waals surface area contributed by atoms with Crippen LogP contribution in [-0.4, -0.2) is 35.4 Å². The molecule has 1 N–H and O–H groups in total. The molecule has 1 aromatic carbocycles. The van der Waals surface area contributed by atoms with Crippen molar-refractivity contribution in [3.63, 3.8) is 0 Å². The summed E-state index contributed by atoms with van der Waals surface area (Å²) in [6.45, 7) is 7.38. The van der Waals surface area contributed by atoms with Crippen LogP contribution in [-0.2, 0) is 0 Å². The topological polar surface area (TPSA) is 33.7 Å². The SMILES string of the molecule is CC1CC(Nc2ccc3c(c2)OC(C)(C)O3)CN1C1CC1. The van der Waals surface area contributed by atoms with Crippen molar-refractivity contribution in [2.24, 2.45) is 0 Å². The van der Waals surface area contributed by atoms with E-state index in [1.165, 1.54) is 19.3 Å². The summed E-state index contributed by atoms with van der Waals surface area (Å²) < 4.78 is 11.6. The maximum Gasteiger partial charge on any atom is 0.246 e. The monoisotopic (exact) mass is 288 g/mol. The lowest BCUT2D eigenvalue weighted by Crippen LogP contribution is -2.31. The molecule has 1 aromatic rings. The minimum atomic E-state index is -0.550. The molecule has 0 aromatic heterocycles. The smallest absolute Gasteiger partial charge is 0.246 e. The van der Waals surface area contributed by atoms with Gasteiger partial charge in [0.1, 0.15) is 0 Å². The highest BCUT2D eigenvalue weighted by atomic mass is 16.7. The average Bonchev–Trinajstić information content (AvgIpc) is 3.10. The van der Waals surface area contributed by atoms with Gasteiger partial charge in [-0.05, 0) is 38.3 Å². The Balaban J connectivity index is 1.44. The molecular formula is C17H24N2O2. The van der Waals surface area contributed by atoms with Crippen LogP contribution in [0.4, 0.5) is 5.69 Å². The molecule has 4 heteroatoms. The maximum atomic E-state index is 5.82. The maximum absolute atomic E-state index is 5.82. The summed E-state index contributed by atoms with van der Waals surface area (Å²) in [6, 6.07) is 8.24. The van der Waals surface area contributed by atoms with Gasteiger partial charge in [-0.25, -0.2) is 0 Å². The number of fused-ring (bicyclic) bond motifs is 1. The van der Waals surface area contributed by atoms with Gasteiger partial charge in [-0.1, -0.05) is 0 Å². The number of ether oxygens (including phenoxy) is 2. The van der Waals surface area contributed by atoms with E-state index < -0.39 is 5.79 Å². The first-order valence-electron chi connectivity index (χ1n) is 8.04. The quantitative estimate of drug-likeness (QED) is 0.926. The first kappa shape index (κ1) is 13.3. The van der Waals surface area contributed by atoms with E-state index in [1.54, 1.807) is 0 Å². The minimum absolute atomic E-state index is 0.536. The number of anilines is 1. The Kier molecular flexibility index (Phi) is 2.86. The fraction of sp³-hybridized carbons (Fsp3) is 0.647. The van der Waals surface area contributed by atoms with Gasteiger partial charge in [0.25, 0.3) is 0 Å². The third-order valence-electron chi connectivity index (χ3n) is 4.66.